The third kappa shape index (κ3) is 3.05. The minimum atomic E-state index is -0.908. The second-order valence-corrected chi connectivity index (χ2v) is 7.67. The molecule has 5 nitrogen and oxygen atoms in total. The Morgan fingerprint density at radius 2 is 1.52 bits per heavy atom. The molecule has 0 amide bonds. The zero-order valence-electron chi connectivity index (χ0n) is 14.2. The van der Waals surface area contributed by atoms with Gasteiger partial charge in [-0.3, -0.25) is 0 Å². The highest BCUT2D eigenvalue weighted by molar-refractivity contribution is 5.90. The molecule has 6 atom stereocenters. The number of fused-ring (bicyclic) bond motifs is 2. The maximum Gasteiger partial charge on any atom is 0.394 e. The van der Waals surface area contributed by atoms with E-state index in [1.165, 1.54) is 5.92 Å². The third-order valence-electron chi connectivity index (χ3n) is 6.15. The number of carboxylic acids is 1. The standard InChI is InChI=1S/C20H24O5/c21-11-5-7-15-17(9-11)25-18-10-12(22)6-8-16(18)19(15)13-3-1-2-4-14(13)20(23)24/h1-4,11-12,15-18,21-22H,5-10H2/p+1. The van der Waals surface area contributed by atoms with Gasteiger partial charge in [0.1, 0.15) is 5.56 Å². The fourth-order valence-corrected chi connectivity index (χ4v) is 5.05. The van der Waals surface area contributed by atoms with Gasteiger partial charge in [0.05, 0.1) is 36.3 Å². The lowest BCUT2D eigenvalue weighted by molar-refractivity contribution is -0.153. The second-order valence-electron chi connectivity index (χ2n) is 7.67. The molecule has 134 valence electrons. The van der Waals surface area contributed by atoms with E-state index in [0.29, 0.717) is 18.4 Å². The van der Waals surface area contributed by atoms with Gasteiger partial charge < -0.3 is 20.1 Å². The van der Waals surface area contributed by atoms with E-state index < -0.39 is 5.97 Å². The molecule has 3 fully saturated rings. The van der Waals surface area contributed by atoms with Gasteiger partial charge in [-0.25, -0.2) is 4.79 Å². The molecular formula is C20H25O5+. The van der Waals surface area contributed by atoms with E-state index in [-0.39, 0.29) is 36.3 Å². The average molecular weight is 345 g/mol. The highest BCUT2D eigenvalue weighted by Gasteiger charge is 2.54. The van der Waals surface area contributed by atoms with Crippen molar-refractivity contribution in [2.75, 3.05) is 0 Å². The SMILES string of the molecule is O=C(O)c1ccccc1[C+]1C2CCC(O)CC2OC2CC(O)CCC12. The van der Waals surface area contributed by atoms with Gasteiger partial charge in [0.15, 0.2) is 5.56 Å². The van der Waals surface area contributed by atoms with E-state index in [0.717, 1.165) is 31.2 Å². The quantitative estimate of drug-likeness (QED) is 0.717. The number of hydrogen-bond acceptors (Lipinski definition) is 4. The van der Waals surface area contributed by atoms with Crippen molar-refractivity contribution in [3.8, 4) is 0 Å². The molecule has 3 aliphatic rings. The van der Waals surface area contributed by atoms with Crippen LogP contribution in [0.4, 0.5) is 0 Å². The Labute approximate surface area is 147 Å². The van der Waals surface area contributed by atoms with Crippen LogP contribution in [0.25, 0.3) is 0 Å². The number of ether oxygens (including phenoxy) is 1. The Bertz CT molecular complexity index is 619. The number of hydrogen-bond donors (Lipinski definition) is 3. The van der Waals surface area contributed by atoms with Crippen LogP contribution in [0.15, 0.2) is 24.3 Å². The highest BCUT2D eigenvalue weighted by Crippen LogP contribution is 2.51. The van der Waals surface area contributed by atoms with Crippen LogP contribution in [0.5, 0.6) is 0 Å². The molecule has 0 radical (unpaired) electrons. The van der Waals surface area contributed by atoms with E-state index >= 15 is 0 Å². The van der Waals surface area contributed by atoms with Crippen LogP contribution in [0.2, 0.25) is 0 Å². The zero-order valence-corrected chi connectivity index (χ0v) is 14.2. The Hall–Kier alpha value is -1.56. The molecule has 2 aliphatic carbocycles. The number of carboxylic acid groups (broad SMARTS) is 1. The first-order valence-electron chi connectivity index (χ1n) is 9.25. The third-order valence-corrected chi connectivity index (χ3v) is 6.15. The van der Waals surface area contributed by atoms with Crippen molar-refractivity contribution >= 4 is 5.97 Å². The summed E-state index contributed by atoms with van der Waals surface area (Å²) in [5.41, 5.74) is 1.16. The summed E-state index contributed by atoms with van der Waals surface area (Å²) >= 11 is 0. The lowest BCUT2D eigenvalue weighted by Crippen LogP contribution is -2.52. The number of aliphatic hydroxyl groups is 2. The lowest BCUT2D eigenvalue weighted by atomic mass is 9.62. The number of aliphatic hydroxyl groups excluding tert-OH is 2. The zero-order chi connectivity index (χ0) is 17.6. The summed E-state index contributed by atoms with van der Waals surface area (Å²) in [5, 5.41) is 29.8. The van der Waals surface area contributed by atoms with Gasteiger partial charge in [0.25, 0.3) is 0 Å². The molecule has 0 bridgehead atoms. The van der Waals surface area contributed by atoms with E-state index in [2.05, 4.69) is 0 Å². The molecular weight excluding hydrogens is 320 g/mol. The molecule has 1 aromatic rings. The Morgan fingerprint density at radius 1 is 0.960 bits per heavy atom. The van der Waals surface area contributed by atoms with Crippen LogP contribution in [-0.4, -0.2) is 45.7 Å². The molecule has 0 aromatic heterocycles. The van der Waals surface area contributed by atoms with Crippen LogP contribution in [0, 0.1) is 17.8 Å². The van der Waals surface area contributed by atoms with Crippen LogP contribution < -0.4 is 0 Å². The summed E-state index contributed by atoms with van der Waals surface area (Å²) in [7, 11) is 0. The van der Waals surface area contributed by atoms with Crippen molar-refractivity contribution < 1.29 is 24.9 Å². The van der Waals surface area contributed by atoms with Gasteiger partial charge in [0.2, 0.25) is 0 Å². The molecule has 5 heteroatoms. The summed E-state index contributed by atoms with van der Waals surface area (Å²) in [6, 6.07) is 7.23. The highest BCUT2D eigenvalue weighted by atomic mass is 16.5. The Morgan fingerprint density at radius 3 is 2.08 bits per heavy atom. The topological polar surface area (TPSA) is 87.0 Å². The van der Waals surface area contributed by atoms with Gasteiger partial charge in [-0.15, -0.1) is 0 Å². The van der Waals surface area contributed by atoms with E-state index in [4.69, 9.17) is 4.74 Å². The maximum atomic E-state index is 11.8. The average Bonchev–Trinajstić information content (AvgIpc) is 2.59. The second kappa shape index (κ2) is 6.63. The van der Waals surface area contributed by atoms with Gasteiger partial charge in [-0.1, -0.05) is 0 Å². The molecule has 3 N–H and O–H groups in total. The Balaban J connectivity index is 1.75. The maximum absolute atomic E-state index is 11.8. The van der Waals surface area contributed by atoms with Gasteiger partial charge in [0, 0.05) is 30.9 Å². The van der Waals surface area contributed by atoms with Gasteiger partial charge in [-0.2, -0.15) is 0 Å². The molecule has 0 spiro atoms. The molecule has 1 heterocycles. The van der Waals surface area contributed by atoms with Gasteiger partial charge in [-0.05, 0) is 37.8 Å². The number of rotatable bonds is 2. The summed E-state index contributed by atoms with van der Waals surface area (Å²) in [6.07, 6.45) is 3.36. The van der Waals surface area contributed by atoms with Crippen LogP contribution >= 0.6 is 0 Å². The first-order valence-corrected chi connectivity index (χ1v) is 9.25. The number of benzene rings is 1. The molecule has 1 aromatic carbocycles. The largest absolute Gasteiger partial charge is 0.468 e. The van der Waals surface area contributed by atoms with Crippen LogP contribution in [0.3, 0.4) is 0 Å². The summed E-state index contributed by atoms with van der Waals surface area (Å²) in [4.78, 5) is 11.8. The minimum Gasteiger partial charge on any atom is -0.468 e. The fraction of sp³-hybridized carbons (Fsp3) is 0.600. The first-order chi connectivity index (χ1) is 12.0. The van der Waals surface area contributed by atoms with Crippen LogP contribution in [-0.2, 0) is 4.74 Å². The van der Waals surface area contributed by atoms with Crippen LogP contribution in [0.1, 0.15) is 54.4 Å². The predicted octanol–water partition coefficient (Wildman–Crippen LogP) is 2.40. The van der Waals surface area contributed by atoms with Crippen molar-refractivity contribution in [3.05, 3.63) is 41.3 Å². The van der Waals surface area contributed by atoms with Crippen molar-refractivity contribution in [2.24, 2.45) is 11.8 Å². The van der Waals surface area contributed by atoms with Crippen molar-refractivity contribution in [1.82, 2.24) is 0 Å². The predicted molar refractivity (Wildman–Crippen MR) is 91.1 cm³/mol. The molecule has 2 saturated carbocycles. The molecule has 25 heavy (non-hydrogen) atoms. The van der Waals surface area contributed by atoms with E-state index in [9.17, 15) is 20.1 Å². The fourth-order valence-electron chi connectivity index (χ4n) is 5.05. The van der Waals surface area contributed by atoms with Crippen molar-refractivity contribution in [1.29, 1.82) is 0 Å². The van der Waals surface area contributed by atoms with Crippen molar-refractivity contribution in [3.63, 3.8) is 0 Å². The normalized spacial score (nSPS) is 37.9. The minimum absolute atomic E-state index is 0.0906. The Kier molecular flexibility index (Phi) is 4.48. The number of aromatic carboxylic acids is 1. The molecule has 1 saturated heterocycles. The van der Waals surface area contributed by atoms with Crippen molar-refractivity contribution in [2.45, 2.75) is 62.9 Å². The van der Waals surface area contributed by atoms with E-state index in [1.807, 2.05) is 12.1 Å². The monoisotopic (exact) mass is 345 g/mol. The summed E-state index contributed by atoms with van der Waals surface area (Å²) in [5.74, 6) is 0.577. The summed E-state index contributed by atoms with van der Waals surface area (Å²) in [6.45, 7) is 0. The lowest BCUT2D eigenvalue weighted by Gasteiger charge is -2.49. The van der Waals surface area contributed by atoms with Gasteiger partial charge >= 0.3 is 5.97 Å². The summed E-state index contributed by atoms with van der Waals surface area (Å²) < 4.78 is 6.30. The molecule has 1 aliphatic heterocycles. The van der Waals surface area contributed by atoms with E-state index in [1.54, 1.807) is 12.1 Å². The molecule has 4 rings (SSSR count). The number of carbonyl (C=O) groups is 1. The first kappa shape index (κ1) is 16.9. The smallest absolute Gasteiger partial charge is 0.394 e. The molecule has 6 unspecified atom stereocenters.